The normalized spacial score (nSPS) is 15.1. The molecule has 0 saturated carbocycles. The molecule has 1 aliphatic rings. The Morgan fingerprint density at radius 1 is 1.16 bits per heavy atom. The highest BCUT2D eigenvalue weighted by molar-refractivity contribution is 5.80. The number of aryl methyl sites for hydroxylation is 1. The lowest BCUT2D eigenvalue weighted by molar-refractivity contribution is 0.172. The second kappa shape index (κ2) is 10.8. The maximum atomic E-state index is 5.43. The molecule has 2 heterocycles. The molecule has 0 spiro atoms. The molecule has 0 aliphatic carbocycles. The van der Waals surface area contributed by atoms with Crippen LogP contribution in [0.25, 0.3) is 0 Å². The fourth-order valence-corrected chi connectivity index (χ4v) is 3.52. The van der Waals surface area contributed by atoms with Gasteiger partial charge in [0, 0.05) is 46.3 Å². The standard InChI is InChI=1S/C22H33N7O2/c1-6-9-23-22(24-15-21-26-25-17(2)27(21)3)29-12-10-28(11-13-29)16-18-7-8-19(30-4)20(14-18)31-5/h6-8,14H,1,9-13,15-16H2,2-5H3,(H,23,24). The molecule has 31 heavy (non-hydrogen) atoms. The van der Waals surface area contributed by atoms with Gasteiger partial charge in [-0.1, -0.05) is 12.1 Å². The minimum absolute atomic E-state index is 0.489. The topological polar surface area (TPSA) is 80.0 Å². The first kappa shape index (κ1) is 22.6. The summed E-state index contributed by atoms with van der Waals surface area (Å²) in [6, 6.07) is 6.10. The Morgan fingerprint density at radius 2 is 1.90 bits per heavy atom. The largest absolute Gasteiger partial charge is 0.493 e. The number of rotatable bonds is 8. The van der Waals surface area contributed by atoms with Gasteiger partial charge in [0.15, 0.2) is 23.3 Å². The summed E-state index contributed by atoms with van der Waals surface area (Å²) in [6.45, 7) is 11.5. The van der Waals surface area contributed by atoms with Gasteiger partial charge in [-0.3, -0.25) is 4.90 Å². The third kappa shape index (κ3) is 5.75. The molecule has 0 radical (unpaired) electrons. The van der Waals surface area contributed by atoms with E-state index in [1.165, 1.54) is 5.56 Å². The van der Waals surface area contributed by atoms with Crippen molar-refractivity contribution in [3.8, 4) is 11.5 Å². The number of ether oxygens (including phenoxy) is 2. The minimum Gasteiger partial charge on any atom is -0.493 e. The third-order valence-corrected chi connectivity index (χ3v) is 5.48. The number of nitrogens with one attached hydrogen (secondary N) is 1. The Balaban J connectivity index is 1.60. The number of hydrogen-bond donors (Lipinski definition) is 1. The number of hydrogen-bond acceptors (Lipinski definition) is 6. The van der Waals surface area contributed by atoms with E-state index >= 15 is 0 Å². The second-order valence-corrected chi connectivity index (χ2v) is 7.48. The summed E-state index contributed by atoms with van der Waals surface area (Å²) >= 11 is 0. The molecule has 1 fully saturated rings. The summed E-state index contributed by atoms with van der Waals surface area (Å²) in [5.74, 6) is 4.13. The van der Waals surface area contributed by atoms with Gasteiger partial charge in [-0.25, -0.2) is 4.99 Å². The lowest BCUT2D eigenvalue weighted by atomic mass is 10.1. The van der Waals surface area contributed by atoms with Crippen molar-refractivity contribution in [3.05, 3.63) is 48.1 Å². The molecule has 9 nitrogen and oxygen atoms in total. The average Bonchev–Trinajstić information content (AvgIpc) is 3.12. The number of piperazine rings is 1. The number of guanidine groups is 1. The van der Waals surface area contributed by atoms with Gasteiger partial charge in [0.1, 0.15) is 12.4 Å². The number of benzene rings is 1. The van der Waals surface area contributed by atoms with Crippen molar-refractivity contribution in [3.63, 3.8) is 0 Å². The zero-order valence-electron chi connectivity index (χ0n) is 19.0. The summed E-state index contributed by atoms with van der Waals surface area (Å²) in [6.07, 6.45) is 1.84. The van der Waals surface area contributed by atoms with E-state index in [2.05, 4.69) is 38.0 Å². The Hall–Kier alpha value is -3.07. The summed E-state index contributed by atoms with van der Waals surface area (Å²) in [4.78, 5) is 9.52. The van der Waals surface area contributed by atoms with E-state index in [4.69, 9.17) is 14.5 Å². The van der Waals surface area contributed by atoms with Crippen LogP contribution in [-0.4, -0.2) is 77.5 Å². The van der Waals surface area contributed by atoms with Gasteiger partial charge in [-0.2, -0.15) is 0 Å². The smallest absolute Gasteiger partial charge is 0.194 e. The first-order chi connectivity index (χ1) is 15.0. The number of aliphatic imine (C=N–C) groups is 1. The van der Waals surface area contributed by atoms with Crippen molar-refractivity contribution < 1.29 is 9.47 Å². The Morgan fingerprint density at radius 3 is 2.52 bits per heavy atom. The highest BCUT2D eigenvalue weighted by atomic mass is 16.5. The van der Waals surface area contributed by atoms with Gasteiger partial charge in [0.2, 0.25) is 0 Å². The first-order valence-electron chi connectivity index (χ1n) is 10.5. The van der Waals surface area contributed by atoms with Gasteiger partial charge in [0.05, 0.1) is 14.2 Å². The van der Waals surface area contributed by atoms with Crippen molar-refractivity contribution in [1.82, 2.24) is 29.9 Å². The predicted octanol–water partition coefficient (Wildman–Crippen LogP) is 1.59. The lowest BCUT2D eigenvalue weighted by Crippen LogP contribution is -2.52. The molecule has 0 atom stereocenters. The molecule has 1 N–H and O–H groups in total. The Bertz CT molecular complexity index is 901. The van der Waals surface area contributed by atoms with Crippen LogP contribution in [0, 0.1) is 6.92 Å². The maximum absolute atomic E-state index is 5.43. The van der Waals surface area contributed by atoms with Crippen molar-refractivity contribution >= 4 is 5.96 Å². The fourth-order valence-electron chi connectivity index (χ4n) is 3.52. The van der Waals surface area contributed by atoms with Gasteiger partial charge < -0.3 is 24.3 Å². The Labute approximate surface area is 184 Å². The SMILES string of the molecule is C=CCNC(=NCc1nnc(C)n1C)N1CCN(Cc2ccc(OC)c(OC)c2)CC1. The second-order valence-electron chi connectivity index (χ2n) is 7.48. The number of aromatic nitrogens is 3. The molecule has 3 rings (SSSR count). The fraction of sp³-hybridized carbons (Fsp3) is 0.500. The van der Waals surface area contributed by atoms with Gasteiger partial charge in [-0.15, -0.1) is 16.8 Å². The zero-order valence-corrected chi connectivity index (χ0v) is 19.0. The van der Waals surface area contributed by atoms with E-state index in [9.17, 15) is 0 Å². The van der Waals surface area contributed by atoms with Crippen molar-refractivity contribution in [1.29, 1.82) is 0 Å². The van der Waals surface area contributed by atoms with Crippen LogP contribution in [-0.2, 0) is 20.1 Å². The molecule has 1 saturated heterocycles. The highest BCUT2D eigenvalue weighted by Gasteiger charge is 2.20. The summed E-state index contributed by atoms with van der Waals surface area (Å²) in [5, 5.41) is 11.7. The zero-order chi connectivity index (χ0) is 22.2. The molecule has 0 amide bonds. The molecule has 0 unspecified atom stereocenters. The van der Waals surface area contributed by atoms with E-state index in [1.54, 1.807) is 14.2 Å². The van der Waals surface area contributed by atoms with Crippen molar-refractivity contribution in [2.45, 2.75) is 20.0 Å². The molecule has 0 bridgehead atoms. The van der Waals surface area contributed by atoms with E-state index < -0.39 is 0 Å². The lowest BCUT2D eigenvalue weighted by Gasteiger charge is -2.36. The third-order valence-electron chi connectivity index (χ3n) is 5.48. The van der Waals surface area contributed by atoms with E-state index in [1.807, 2.05) is 36.7 Å². The van der Waals surface area contributed by atoms with Crippen LogP contribution in [0.2, 0.25) is 0 Å². The molecule has 1 aliphatic heterocycles. The molecule has 9 heteroatoms. The van der Waals surface area contributed by atoms with E-state index in [0.717, 1.165) is 61.8 Å². The van der Waals surface area contributed by atoms with Gasteiger partial charge >= 0.3 is 0 Å². The summed E-state index contributed by atoms with van der Waals surface area (Å²) in [7, 11) is 5.28. The summed E-state index contributed by atoms with van der Waals surface area (Å²) in [5.41, 5.74) is 1.21. The van der Waals surface area contributed by atoms with Crippen molar-refractivity contribution in [2.24, 2.45) is 12.0 Å². The van der Waals surface area contributed by atoms with Crippen LogP contribution in [0.1, 0.15) is 17.2 Å². The van der Waals surface area contributed by atoms with Crippen LogP contribution in [0.5, 0.6) is 11.5 Å². The molecule has 2 aromatic rings. The predicted molar refractivity (Wildman–Crippen MR) is 121 cm³/mol. The van der Waals surface area contributed by atoms with Crippen LogP contribution in [0.15, 0.2) is 35.8 Å². The van der Waals surface area contributed by atoms with E-state index in [0.29, 0.717) is 13.1 Å². The quantitative estimate of drug-likeness (QED) is 0.389. The van der Waals surface area contributed by atoms with Crippen LogP contribution < -0.4 is 14.8 Å². The first-order valence-corrected chi connectivity index (χ1v) is 10.5. The van der Waals surface area contributed by atoms with Crippen LogP contribution >= 0.6 is 0 Å². The summed E-state index contributed by atoms with van der Waals surface area (Å²) < 4.78 is 12.7. The highest BCUT2D eigenvalue weighted by Crippen LogP contribution is 2.28. The molecular formula is C22H33N7O2. The molecular weight excluding hydrogens is 394 g/mol. The maximum Gasteiger partial charge on any atom is 0.194 e. The monoisotopic (exact) mass is 427 g/mol. The van der Waals surface area contributed by atoms with Crippen LogP contribution in [0.3, 0.4) is 0 Å². The Kier molecular flexibility index (Phi) is 7.88. The minimum atomic E-state index is 0.489. The van der Waals surface area contributed by atoms with Gasteiger partial charge in [0.25, 0.3) is 0 Å². The molecule has 168 valence electrons. The van der Waals surface area contributed by atoms with Crippen molar-refractivity contribution in [2.75, 3.05) is 46.9 Å². The van der Waals surface area contributed by atoms with Gasteiger partial charge in [-0.05, 0) is 24.6 Å². The van der Waals surface area contributed by atoms with E-state index in [-0.39, 0.29) is 0 Å². The number of methoxy groups -OCH3 is 2. The molecule has 1 aromatic heterocycles. The average molecular weight is 428 g/mol. The van der Waals surface area contributed by atoms with Crippen LogP contribution in [0.4, 0.5) is 0 Å². The number of nitrogens with zero attached hydrogens (tertiary/aromatic N) is 6. The molecule has 1 aromatic carbocycles.